The fraction of sp³-hybridized carbons (Fsp3) is 0.0435. The average Bonchev–Trinajstić information content (AvgIpc) is 3.14. The molecule has 1 N–H and O–H groups in total. The number of anilines is 1. The van der Waals surface area contributed by atoms with Gasteiger partial charge >= 0.3 is 0 Å². The van der Waals surface area contributed by atoms with Crippen LogP contribution < -0.4 is 10.1 Å². The lowest BCUT2D eigenvalue weighted by Crippen LogP contribution is -2.12. The number of pyridine rings is 2. The molecule has 5 rings (SSSR count). The molecule has 0 saturated heterocycles. The topological polar surface area (TPSA) is 81.4 Å². The van der Waals surface area contributed by atoms with Gasteiger partial charge in [0.15, 0.2) is 0 Å². The van der Waals surface area contributed by atoms with Crippen LogP contribution in [0.15, 0.2) is 79.5 Å². The van der Waals surface area contributed by atoms with Gasteiger partial charge in [-0.3, -0.25) is 9.78 Å². The number of aromatic nitrogens is 4. The molecular weight excluding hydrogens is 378 g/mol. The molecule has 0 spiro atoms. The van der Waals surface area contributed by atoms with Crippen LogP contribution in [0, 0.1) is 0 Å². The van der Waals surface area contributed by atoms with E-state index in [1.807, 2.05) is 59.1 Å². The first-order chi connectivity index (χ1) is 14.8. The summed E-state index contributed by atoms with van der Waals surface area (Å²) in [5, 5.41) is 3.67. The summed E-state index contributed by atoms with van der Waals surface area (Å²) in [7, 11) is 1.59. The molecule has 0 radical (unpaired) electrons. The summed E-state index contributed by atoms with van der Waals surface area (Å²) in [5.41, 5.74) is 4.13. The van der Waals surface area contributed by atoms with Crippen molar-refractivity contribution >= 4 is 28.1 Å². The summed E-state index contributed by atoms with van der Waals surface area (Å²) >= 11 is 0. The Bertz CT molecular complexity index is 1380. The van der Waals surface area contributed by atoms with Crippen molar-refractivity contribution < 1.29 is 9.53 Å². The van der Waals surface area contributed by atoms with E-state index in [4.69, 9.17) is 4.74 Å². The van der Waals surface area contributed by atoms with Gasteiger partial charge in [0, 0.05) is 35.9 Å². The Morgan fingerprint density at radius 1 is 1.03 bits per heavy atom. The van der Waals surface area contributed by atoms with E-state index in [1.165, 1.54) is 6.33 Å². The van der Waals surface area contributed by atoms with Gasteiger partial charge in [0.25, 0.3) is 5.91 Å². The number of benzene rings is 1. The molecule has 146 valence electrons. The zero-order valence-corrected chi connectivity index (χ0v) is 16.1. The Morgan fingerprint density at radius 2 is 1.90 bits per heavy atom. The molecule has 0 unspecified atom stereocenters. The highest BCUT2D eigenvalue weighted by Gasteiger charge is 2.23. The fourth-order valence-electron chi connectivity index (χ4n) is 3.60. The number of hydrogen-bond acceptors (Lipinski definition) is 5. The monoisotopic (exact) mass is 395 g/mol. The molecule has 30 heavy (non-hydrogen) atoms. The fourth-order valence-corrected chi connectivity index (χ4v) is 3.60. The van der Waals surface area contributed by atoms with Crippen molar-refractivity contribution in [3.63, 3.8) is 0 Å². The second-order valence-electron chi connectivity index (χ2n) is 6.67. The van der Waals surface area contributed by atoms with Crippen molar-refractivity contribution in [1.29, 1.82) is 0 Å². The minimum atomic E-state index is -0.243. The first kappa shape index (κ1) is 17.8. The number of ether oxygens (including phenoxy) is 1. The standard InChI is InChI=1S/C23H17N5O2/c1-30-17-6-4-5-16(13-17)27-23(29)19-18-7-2-3-12-28(18)22-20(19)21(25-14-26-22)15-8-10-24-11-9-15/h2-14H,1H3,(H,27,29). The van der Waals surface area contributed by atoms with Crippen LogP contribution in [-0.4, -0.2) is 32.4 Å². The minimum Gasteiger partial charge on any atom is -0.497 e. The quantitative estimate of drug-likeness (QED) is 0.493. The Kier molecular flexibility index (Phi) is 4.33. The highest BCUT2D eigenvalue weighted by atomic mass is 16.5. The third-order valence-electron chi connectivity index (χ3n) is 4.93. The predicted octanol–water partition coefficient (Wildman–Crippen LogP) is 4.21. The maximum Gasteiger partial charge on any atom is 0.258 e. The van der Waals surface area contributed by atoms with Crippen LogP contribution in [0.4, 0.5) is 5.69 Å². The molecule has 0 aliphatic heterocycles. The molecular formula is C23H17N5O2. The lowest BCUT2D eigenvalue weighted by atomic mass is 10.1. The molecule has 4 heterocycles. The summed E-state index contributed by atoms with van der Waals surface area (Å²) in [6.45, 7) is 0. The Hall–Kier alpha value is -4.26. The van der Waals surface area contributed by atoms with Gasteiger partial charge < -0.3 is 14.5 Å². The SMILES string of the molecule is COc1cccc(NC(=O)c2c3c(-c4ccncc4)ncnc3n3ccccc23)c1. The zero-order valence-electron chi connectivity index (χ0n) is 16.1. The van der Waals surface area contributed by atoms with Crippen molar-refractivity contribution in [2.75, 3.05) is 12.4 Å². The number of amides is 1. The number of hydrogen-bond donors (Lipinski definition) is 1. The molecule has 0 aliphatic rings. The molecule has 1 aromatic carbocycles. The van der Waals surface area contributed by atoms with Crippen molar-refractivity contribution in [3.05, 3.63) is 85.1 Å². The van der Waals surface area contributed by atoms with Gasteiger partial charge in [0.2, 0.25) is 0 Å². The third-order valence-corrected chi connectivity index (χ3v) is 4.93. The summed E-state index contributed by atoms with van der Waals surface area (Å²) in [5.74, 6) is 0.423. The van der Waals surface area contributed by atoms with E-state index in [-0.39, 0.29) is 5.91 Å². The van der Waals surface area contributed by atoms with Crippen molar-refractivity contribution in [2.45, 2.75) is 0 Å². The largest absolute Gasteiger partial charge is 0.497 e. The van der Waals surface area contributed by atoms with Gasteiger partial charge in [-0.05, 0) is 36.4 Å². The maximum atomic E-state index is 13.5. The minimum absolute atomic E-state index is 0.243. The molecule has 0 saturated carbocycles. The van der Waals surface area contributed by atoms with Crippen LogP contribution in [0.3, 0.4) is 0 Å². The summed E-state index contributed by atoms with van der Waals surface area (Å²) in [6, 6.07) is 16.7. The van der Waals surface area contributed by atoms with E-state index in [9.17, 15) is 4.79 Å². The van der Waals surface area contributed by atoms with Gasteiger partial charge in [0.1, 0.15) is 17.7 Å². The van der Waals surface area contributed by atoms with Crippen molar-refractivity contribution in [2.24, 2.45) is 0 Å². The molecule has 0 atom stereocenters. The summed E-state index contributed by atoms with van der Waals surface area (Å²) in [6.07, 6.45) is 6.81. The van der Waals surface area contributed by atoms with Crippen LogP contribution in [0.25, 0.3) is 27.8 Å². The van der Waals surface area contributed by atoms with E-state index in [0.717, 1.165) is 11.1 Å². The second kappa shape index (κ2) is 7.29. The van der Waals surface area contributed by atoms with Gasteiger partial charge in [-0.2, -0.15) is 0 Å². The number of carbonyl (C=O) groups is 1. The van der Waals surface area contributed by atoms with E-state index in [1.54, 1.807) is 25.6 Å². The van der Waals surface area contributed by atoms with Crippen LogP contribution >= 0.6 is 0 Å². The molecule has 1 amide bonds. The number of nitrogens with zero attached hydrogens (tertiary/aromatic N) is 4. The van der Waals surface area contributed by atoms with Crippen LogP contribution in [0.5, 0.6) is 5.75 Å². The van der Waals surface area contributed by atoms with Crippen LogP contribution in [0.2, 0.25) is 0 Å². The highest BCUT2D eigenvalue weighted by molar-refractivity contribution is 6.20. The second-order valence-corrected chi connectivity index (χ2v) is 6.67. The first-order valence-electron chi connectivity index (χ1n) is 9.36. The predicted molar refractivity (Wildman–Crippen MR) is 115 cm³/mol. The lowest BCUT2D eigenvalue weighted by Gasteiger charge is -2.08. The number of methoxy groups -OCH3 is 1. The van der Waals surface area contributed by atoms with E-state index < -0.39 is 0 Å². The highest BCUT2D eigenvalue weighted by Crippen LogP contribution is 2.33. The molecule has 4 aromatic heterocycles. The number of nitrogens with one attached hydrogen (secondary N) is 1. The van der Waals surface area contributed by atoms with E-state index in [2.05, 4.69) is 20.3 Å². The van der Waals surface area contributed by atoms with Gasteiger partial charge in [0.05, 0.1) is 29.3 Å². The molecule has 0 fully saturated rings. The Labute approximate surface area is 172 Å². The molecule has 0 bridgehead atoms. The Morgan fingerprint density at radius 3 is 2.73 bits per heavy atom. The van der Waals surface area contributed by atoms with Crippen LogP contribution in [0.1, 0.15) is 10.4 Å². The lowest BCUT2D eigenvalue weighted by molar-refractivity contribution is 0.103. The summed E-state index contributed by atoms with van der Waals surface area (Å²) in [4.78, 5) is 26.5. The van der Waals surface area contributed by atoms with Crippen LogP contribution in [-0.2, 0) is 0 Å². The molecule has 0 aliphatic carbocycles. The maximum absolute atomic E-state index is 13.5. The molecule has 5 aromatic rings. The van der Waals surface area contributed by atoms with Gasteiger partial charge in [-0.25, -0.2) is 9.97 Å². The third kappa shape index (κ3) is 2.93. The molecule has 7 heteroatoms. The van der Waals surface area contributed by atoms with Crippen molar-refractivity contribution in [1.82, 2.24) is 19.4 Å². The van der Waals surface area contributed by atoms with E-state index in [0.29, 0.717) is 33.7 Å². The van der Waals surface area contributed by atoms with Crippen molar-refractivity contribution in [3.8, 4) is 17.0 Å². The smallest absolute Gasteiger partial charge is 0.258 e. The van der Waals surface area contributed by atoms with Gasteiger partial charge in [-0.15, -0.1) is 0 Å². The number of carbonyl (C=O) groups excluding carboxylic acids is 1. The number of fused-ring (bicyclic) bond motifs is 3. The zero-order chi connectivity index (χ0) is 20.5. The van der Waals surface area contributed by atoms with E-state index >= 15 is 0 Å². The first-order valence-corrected chi connectivity index (χ1v) is 9.36. The Balaban J connectivity index is 1.74. The molecule has 7 nitrogen and oxygen atoms in total. The van der Waals surface area contributed by atoms with Gasteiger partial charge in [-0.1, -0.05) is 12.1 Å². The number of rotatable bonds is 4. The summed E-state index contributed by atoms with van der Waals surface area (Å²) < 4.78 is 7.17. The average molecular weight is 395 g/mol. The normalized spacial score (nSPS) is 11.0.